The van der Waals surface area contributed by atoms with Crippen molar-refractivity contribution in [3.8, 4) is 17.2 Å². The zero-order chi connectivity index (χ0) is 21.3. The van der Waals surface area contributed by atoms with Crippen molar-refractivity contribution in [2.75, 3.05) is 19.8 Å². The van der Waals surface area contributed by atoms with Gasteiger partial charge in [-0.25, -0.2) is 9.07 Å². The summed E-state index contributed by atoms with van der Waals surface area (Å²) in [5, 5.41) is 4.53. The van der Waals surface area contributed by atoms with Crippen molar-refractivity contribution < 1.29 is 18.7 Å². The molecule has 1 amide bonds. The zero-order valence-corrected chi connectivity index (χ0v) is 17.3. The molecule has 0 spiro atoms. The highest BCUT2D eigenvalue weighted by Crippen LogP contribution is 2.34. The van der Waals surface area contributed by atoms with Crippen molar-refractivity contribution in [3.05, 3.63) is 70.8 Å². The molecule has 4 rings (SSSR count). The van der Waals surface area contributed by atoms with Gasteiger partial charge in [-0.15, -0.1) is 0 Å². The first kappa shape index (κ1) is 19.9. The fraction of sp³-hybridized carbons (Fsp3) is 0.304. The summed E-state index contributed by atoms with van der Waals surface area (Å²) in [6.45, 7) is 7.56. The van der Waals surface area contributed by atoms with Gasteiger partial charge in [0.2, 0.25) is 0 Å². The van der Waals surface area contributed by atoms with Crippen molar-refractivity contribution in [1.82, 2.24) is 14.7 Å². The molecule has 0 saturated carbocycles. The normalized spacial score (nSPS) is 12.7. The summed E-state index contributed by atoms with van der Waals surface area (Å²) in [5.74, 6) is 0.991. The molecule has 0 N–H and O–H groups in total. The first-order chi connectivity index (χ1) is 14.5. The highest BCUT2D eigenvalue weighted by atomic mass is 19.1. The highest BCUT2D eigenvalue weighted by molar-refractivity contribution is 5.96. The number of fused-ring (bicyclic) bond motifs is 1. The van der Waals surface area contributed by atoms with Crippen molar-refractivity contribution in [3.63, 3.8) is 0 Å². The lowest BCUT2D eigenvalue weighted by Gasteiger charge is -2.25. The summed E-state index contributed by atoms with van der Waals surface area (Å²) in [7, 11) is 0. The fourth-order valence-corrected chi connectivity index (χ4v) is 3.74. The van der Waals surface area contributed by atoms with Crippen LogP contribution in [0.25, 0.3) is 5.69 Å². The van der Waals surface area contributed by atoms with Gasteiger partial charge in [0, 0.05) is 18.7 Å². The quantitative estimate of drug-likeness (QED) is 0.638. The third-order valence-corrected chi connectivity index (χ3v) is 5.25. The molecule has 156 valence electrons. The van der Waals surface area contributed by atoms with E-state index in [1.165, 1.54) is 12.1 Å². The molecule has 1 aliphatic heterocycles. The number of rotatable bonds is 5. The van der Waals surface area contributed by atoms with Crippen molar-refractivity contribution in [2.45, 2.75) is 27.3 Å². The second-order valence-corrected chi connectivity index (χ2v) is 7.19. The van der Waals surface area contributed by atoms with Crippen LogP contribution in [0.3, 0.4) is 0 Å². The Morgan fingerprint density at radius 3 is 2.60 bits per heavy atom. The van der Waals surface area contributed by atoms with E-state index in [-0.39, 0.29) is 11.7 Å². The molecule has 0 bridgehead atoms. The molecule has 0 fully saturated rings. The maximum atomic E-state index is 13.4. The first-order valence-electron chi connectivity index (χ1n) is 9.98. The molecule has 1 aromatic heterocycles. The molecule has 0 saturated heterocycles. The van der Waals surface area contributed by atoms with Gasteiger partial charge in [0.15, 0.2) is 11.5 Å². The zero-order valence-electron chi connectivity index (χ0n) is 17.3. The van der Waals surface area contributed by atoms with Gasteiger partial charge in [-0.3, -0.25) is 4.79 Å². The predicted octanol–water partition coefficient (Wildman–Crippen LogP) is 4.06. The van der Waals surface area contributed by atoms with E-state index in [4.69, 9.17) is 9.47 Å². The Hall–Kier alpha value is -3.35. The molecular weight excluding hydrogens is 385 g/mol. The lowest BCUT2D eigenvalue weighted by molar-refractivity contribution is 0.0747. The molecule has 2 heterocycles. The third-order valence-electron chi connectivity index (χ3n) is 5.25. The van der Waals surface area contributed by atoms with Crippen LogP contribution in [-0.4, -0.2) is 40.3 Å². The summed E-state index contributed by atoms with van der Waals surface area (Å²) in [6, 6.07) is 11.8. The van der Waals surface area contributed by atoms with E-state index in [0.29, 0.717) is 54.7 Å². The fourth-order valence-electron chi connectivity index (χ4n) is 3.74. The minimum absolute atomic E-state index is 0.102. The number of aromatic nitrogens is 2. The van der Waals surface area contributed by atoms with E-state index in [1.54, 1.807) is 21.7 Å². The summed E-state index contributed by atoms with van der Waals surface area (Å²) in [6.07, 6.45) is 0. The van der Waals surface area contributed by atoms with Crippen LogP contribution in [0.15, 0.2) is 42.5 Å². The average molecular weight is 409 g/mol. The molecule has 0 atom stereocenters. The number of halogens is 1. The van der Waals surface area contributed by atoms with E-state index in [2.05, 4.69) is 5.10 Å². The summed E-state index contributed by atoms with van der Waals surface area (Å²) in [5.41, 5.74) is 3.53. The van der Waals surface area contributed by atoms with Gasteiger partial charge in [0.25, 0.3) is 5.91 Å². The molecule has 3 aromatic rings. The van der Waals surface area contributed by atoms with Gasteiger partial charge in [-0.05, 0) is 51.1 Å². The number of ether oxygens (including phenoxy) is 2. The van der Waals surface area contributed by atoms with E-state index >= 15 is 0 Å². The van der Waals surface area contributed by atoms with E-state index in [0.717, 1.165) is 11.3 Å². The molecule has 0 aliphatic carbocycles. The van der Waals surface area contributed by atoms with Crippen molar-refractivity contribution in [2.24, 2.45) is 0 Å². The summed E-state index contributed by atoms with van der Waals surface area (Å²) >= 11 is 0. The minimum Gasteiger partial charge on any atom is -0.486 e. The van der Waals surface area contributed by atoms with Crippen LogP contribution in [0.2, 0.25) is 0 Å². The maximum absolute atomic E-state index is 13.4. The largest absolute Gasteiger partial charge is 0.486 e. The molecule has 7 heteroatoms. The summed E-state index contributed by atoms with van der Waals surface area (Å²) in [4.78, 5) is 15.2. The van der Waals surface area contributed by atoms with E-state index in [9.17, 15) is 9.18 Å². The smallest absolute Gasteiger partial charge is 0.257 e. The Kier molecular flexibility index (Phi) is 5.44. The molecule has 0 unspecified atom stereocenters. The highest BCUT2D eigenvalue weighted by Gasteiger charge is 2.25. The summed E-state index contributed by atoms with van der Waals surface area (Å²) < 4.78 is 26.4. The number of amides is 1. The minimum atomic E-state index is -0.314. The molecule has 6 nitrogen and oxygen atoms in total. The third kappa shape index (κ3) is 3.63. The Morgan fingerprint density at radius 2 is 1.87 bits per heavy atom. The number of nitrogens with zero attached hydrogens (tertiary/aromatic N) is 3. The molecule has 2 aromatic carbocycles. The Morgan fingerprint density at radius 1 is 1.13 bits per heavy atom. The van der Waals surface area contributed by atoms with Gasteiger partial charge < -0.3 is 14.4 Å². The Balaban J connectivity index is 1.64. The number of hydrogen-bond donors (Lipinski definition) is 0. The van der Waals surface area contributed by atoms with E-state index < -0.39 is 0 Å². The van der Waals surface area contributed by atoms with Crippen LogP contribution in [0.4, 0.5) is 4.39 Å². The van der Waals surface area contributed by atoms with Gasteiger partial charge in [-0.2, -0.15) is 5.10 Å². The van der Waals surface area contributed by atoms with Crippen LogP contribution in [0.1, 0.15) is 34.2 Å². The number of para-hydroxylation sites is 1. The maximum Gasteiger partial charge on any atom is 0.257 e. The number of carbonyl (C=O) groups is 1. The Bertz CT molecular complexity index is 1080. The topological polar surface area (TPSA) is 56.6 Å². The second kappa shape index (κ2) is 8.18. The van der Waals surface area contributed by atoms with Crippen LogP contribution in [0.5, 0.6) is 11.5 Å². The number of carbonyl (C=O) groups excluding carboxylic acids is 1. The van der Waals surface area contributed by atoms with Crippen LogP contribution >= 0.6 is 0 Å². The predicted molar refractivity (Wildman–Crippen MR) is 111 cm³/mol. The van der Waals surface area contributed by atoms with Gasteiger partial charge >= 0.3 is 0 Å². The van der Waals surface area contributed by atoms with Crippen molar-refractivity contribution >= 4 is 5.91 Å². The van der Waals surface area contributed by atoms with Gasteiger partial charge in [0.05, 0.1) is 22.6 Å². The van der Waals surface area contributed by atoms with Gasteiger partial charge in [0.1, 0.15) is 19.0 Å². The second-order valence-electron chi connectivity index (χ2n) is 7.19. The van der Waals surface area contributed by atoms with Crippen LogP contribution in [0, 0.1) is 19.7 Å². The monoisotopic (exact) mass is 409 g/mol. The molecule has 30 heavy (non-hydrogen) atoms. The number of benzene rings is 2. The SMILES string of the molecule is CCN(Cc1cccc2c1OCCO2)C(=O)c1c(C)nn(-c2ccc(F)cc2)c1C. The lowest BCUT2D eigenvalue weighted by atomic mass is 10.1. The standard InChI is InChI=1S/C23H24FN3O3/c1-4-26(14-17-6-5-7-20-22(17)30-13-12-29-20)23(28)21-15(2)25-27(16(21)3)19-10-8-18(24)9-11-19/h5-11H,4,12-14H2,1-3H3. The molecular formula is C23H24FN3O3. The van der Waals surface area contributed by atoms with E-state index in [1.807, 2.05) is 39.0 Å². The number of aryl methyl sites for hydroxylation is 1. The molecule has 1 aliphatic rings. The van der Waals surface area contributed by atoms with Gasteiger partial charge in [-0.1, -0.05) is 12.1 Å². The van der Waals surface area contributed by atoms with Crippen molar-refractivity contribution in [1.29, 1.82) is 0 Å². The Labute approximate surface area is 174 Å². The lowest BCUT2D eigenvalue weighted by Crippen LogP contribution is -2.31. The number of hydrogen-bond acceptors (Lipinski definition) is 4. The first-order valence-corrected chi connectivity index (χ1v) is 9.98. The molecule has 0 radical (unpaired) electrons. The van der Waals surface area contributed by atoms with Crippen LogP contribution in [-0.2, 0) is 6.54 Å². The average Bonchev–Trinajstić information content (AvgIpc) is 3.06. The van der Waals surface area contributed by atoms with Crippen LogP contribution < -0.4 is 9.47 Å².